The number of rotatable bonds is 3. The molecule has 0 fully saturated rings. The van der Waals surface area contributed by atoms with E-state index in [1.807, 2.05) is 38.2 Å². The monoisotopic (exact) mass is 282 g/mol. The van der Waals surface area contributed by atoms with Crippen molar-refractivity contribution in [2.45, 2.75) is 32.6 Å². The molecular formula is C17H22N4. The molecule has 4 nitrogen and oxygen atoms in total. The third-order valence-electron chi connectivity index (χ3n) is 3.90. The SMILES string of the molecule is Cc1cc(-c2nc(N(C)C)[nH]c2C2=CCCCC2)ccn1. The van der Waals surface area contributed by atoms with Crippen LogP contribution in [0.1, 0.15) is 37.1 Å². The van der Waals surface area contributed by atoms with Gasteiger partial charge in [0.1, 0.15) is 0 Å². The van der Waals surface area contributed by atoms with Crippen LogP contribution in [0.3, 0.4) is 0 Å². The Labute approximate surface area is 125 Å². The van der Waals surface area contributed by atoms with Gasteiger partial charge < -0.3 is 9.88 Å². The Morgan fingerprint density at radius 2 is 2.10 bits per heavy atom. The molecule has 0 spiro atoms. The number of hydrogen-bond acceptors (Lipinski definition) is 3. The molecule has 2 aromatic heterocycles. The first-order valence-electron chi connectivity index (χ1n) is 7.55. The zero-order chi connectivity index (χ0) is 14.8. The lowest BCUT2D eigenvalue weighted by atomic mass is 9.95. The molecule has 3 rings (SSSR count). The van der Waals surface area contributed by atoms with E-state index >= 15 is 0 Å². The highest BCUT2D eigenvalue weighted by Crippen LogP contribution is 2.34. The first-order chi connectivity index (χ1) is 10.1. The molecule has 0 amide bonds. The minimum absolute atomic E-state index is 0.904. The van der Waals surface area contributed by atoms with E-state index in [1.54, 1.807) is 0 Å². The highest BCUT2D eigenvalue weighted by atomic mass is 15.2. The molecular weight excluding hydrogens is 260 g/mol. The van der Waals surface area contributed by atoms with E-state index in [0.29, 0.717) is 0 Å². The summed E-state index contributed by atoms with van der Waals surface area (Å²) in [5.74, 6) is 0.904. The molecule has 0 aliphatic heterocycles. The van der Waals surface area contributed by atoms with Crippen LogP contribution in [-0.2, 0) is 0 Å². The summed E-state index contributed by atoms with van der Waals surface area (Å²) in [6.45, 7) is 2.02. The van der Waals surface area contributed by atoms with Crippen molar-refractivity contribution >= 4 is 11.5 Å². The molecule has 4 heteroatoms. The quantitative estimate of drug-likeness (QED) is 0.931. The smallest absolute Gasteiger partial charge is 0.203 e. The van der Waals surface area contributed by atoms with Crippen LogP contribution in [-0.4, -0.2) is 29.0 Å². The zero-order valence-corrected chi connectivity index (χ0v) is 13.0. The third kappa shape index (κ3) is 2.84. The van der Waals surface area contributed by atoms with E-state index in [0.717, 1.165) is 29.3 Å². The third-order valence-corrected chi connectivity index (χ3v) is 3.90. The summed E-state index contributed by atoms with van der Waals surface area (Å²) in [5, 5.41) is 0. The summed E-state index contributed by atoms with van der Waals surface area (Å²) < 4.78 is 0. The van der Waals surface area contributed by atoms with Crippen molar-refractivity contribution in [3.8, 4) is 11.3 Å². The average Bonchev–Trinajstić information content (AvgIpc) is 2.93. The molecule has 1 N–H and O–H groups in total. The van der Waals surface area contributed by atoms with Crippen molar-refractivity contribution < 1.29 is 0 Å². The molecule has 0 bridgehead atoms. The molecule has 2 heterocycles. The van der Waals surface area contributed by atoms with E-state index < -0.39 is 0 Å². The number of aromatic amines is 1. The number of allylic oxidation sites excluding steroid dienone is 2. The van der Waals surface area contributed by atoms with Gasteiger partial charge in [-0.3, -0.25) is 4.98 Å². The number of aryl methyl sites for hydroxylation is 1. The van der Waals surface area contributed by atoms with Crippen molar-refractivity contribution in [1.29, 1.82) is 0 Å². The molecule has 0 saturated heterocycles. The number of anilines is 1. The fraction of sp³-hybridized carbons (Fsp3) is 0.412. The van der Waals surface area contributed by atoms with Crippen LogP contribution in [0.25, 0.3) is 16.8 Å². The van der Waals surface area contributed by atoms with Gasteiger partial charge in [0.05, 0.1) is 11.4 Å². The zero-order valence-electron chi connectivity index (χ0n) is 13.0. The number of nitrogens with zero attached hydrogens (tertiary/aromatic N) is 3. The Morgan fingerprint density at radius 1 is 1.24 bits per heavy atom. The van der Waals surface area contributed by atoms with Gasteiger partial charge in [0.15, 0.2) is 0 Å². The Balaban J connectivity index is 2.11. The average molecular weight is 282 g/mol. The Hall–Kier alpha value is -2.10. The van der Waals surface area contributed by atoms with Crippen molar-refractivity contribution in [3.63, 3.8) is 0 Å². The summed E-state index contributed by atoms with van der Waals surface area (Å²) in [6.07, 6.45) is 9.06. The summed E-state index contributed by atoms with van der Waals surface area (Å²) >= 11 is 0. The molecule has 0 radical (unpaired) electrons. The van der Waals surface area contributed by atoms with Crippen molar-refractivity contribution in [3.05, 3.63) is 35.8 Å². The molecule has 1 aliphatic carbocycles. The van der Waals surface area contributed by atoms with Crippen LogP contribution in [0.5, 0.6) is 0 Å². The summed E-state index contributed by atoms with van der Waals surface area (Å²) in [5.41, 5.74) is 5.76. The highest BCUT2D eigenvalue weighted by molar-refractivity contribution is 5.78. The predicted octanol–water partition coefficient (Wildman–Crippen LogP) is 3.80. The summed E-state index contributed by atoms with van der Waals surface area (Å²) in [6, 6.07) is 4.14. The number of pyridine rings is 1. The molecule has 2 aromatic rings. The van der Waals surface area contributed by atoms with E-state index in [2.05, 4.69) is 22.1 Å². The van der Waals surface area contributed by atoms with Gasteiger partial charge >= 0.3 is 0 Å². The van der Waals surface area contributed by atoms with Crippen LogP contribution in [0.2, 0.25) is 0 Å². The van der Waals surface area contributed by atoms with Gasteiger partial charge in [0.2, 0.25) is 5.95 Å². The second-order valence-corrected chi connectivity index (χ2v) is 5.84. The maximum atomic E-state index is 4.80. The lowest BCUT2D eigenvalue weighted by Gasteiger charge is -2.13. The van der Waals surface area contributed by atoms with Gasteiger partial charge in [-0.2, -0.15) is 0 Å². The second-order valence-electron chi connectivity index (χ2n) is 5.84. The minimum Gasteiger partial charge on any atom is -0.349 e. The van der Waals surface area contributed by atoms with Gasteiger partial charge in [0.25, 0.3) is 0 Å². The van der Waals surface area contributed by atoms with Crippen LogP contribution in [0.15, 0.2) is 24.4 Å². The topological polar surface area (TPSA) is 44.8 Å². The molecule has 1 aliphatic rings. The Morgan fingerprint density at radius 3 is 2.76 bits per heavy atom. The second kappa shape index (κ2) is 5.72. The molecule has 0 aromatic carbocycles. The van der Waals surface area contributed by atoms with Gasteiger partial charge in [0, 0.05) is 31.5 Å². The van der Waals surface area contributed by atoms with Gasteiger partial charge in [-0.05, 0) is 50.3 Å². The molecule has 0 unspecified atom stereocenters. The van der Waals surface area contributed by atoms with Crippen molar-refractivity contribution in [1.82, 2.24) is 15.0 Å². The molecule has 0 saturated carbocycles. The number of aromatic nitrogens is 3. The van der Waals surface area contributed by atoms with Gasteiger partial charge in [-0.15, -0.1) is 0 Å². The van der Waals surface area contributed by atoms with Crippen LogP contribution >= 0.6 is 0 Å². The number of imidazole rings is 1. The predicted molar refractivity (Wildman–Crippen MR) is 87.3 cm³/mol. The maximum absolute atomic E-state index is 4.80. The molecule has 0 atom stereocenters. The number of nitrogens with one attached hydrogen (secondary N) is 1. The Bertz CT molecular complexity index is 667. The number of H-pyrrole nitrogens is 1. The first kappa shape index (κ1) is 13.9. The fourth-order valence-electron chi connectivity index (χ4n) is 2.77. The molecule has 110 valence electrons. The van der Waals surface area contributed by atoms with Gasteiger partial charge in [-0.1, -0.05) is 6.08 Å². The number of hydrogen-bond donors (Lipinski definition) is 1. The lowest BCUT2D eigenvalue weighted by Crippen LogP contribution is -2.10. The maximum Gasteiger partial charge on any atom is 0.203 e. The molecule has 21 heavy (non-hydrogen) atoms. The lowest BCUT2D eigenvalue weighted by molar-refractivity contribution is 0.740. The van der Waals surface area contributed by atoms with E-state index in [4.69, 9.17) is 4.98 Å². The van der Waals surface area contributed by atoms with Crippen LogP contribution in [0.4, 0.5) is 5.95 Å². The van der Waals surface area contributed by atoms with Crippen molar-refractivity contribution in [2.75, 3.05) is 19.0 Å². The summed E-state index contributed by atoms with van der Waals surface area (Å²) in [4.78, 5) is 14.6. The largest absolute Gasteiger partial charge is 0.349 e. The van der Waals surface area contributed by atoms with E-state index in [1.165, 1.54) is 30.5 Å². The van der Waals surface area contributed by atoms with Gasteiger partial charge in [-0.25, -0.2) is 4.98 Å². The standard InChI is InChI=1S/C17H22N4/c1-12-11-14(9-10-18-12)16-15(13-7-5-4-6-8-13)19-17(20-16)21(2)3/h7,9-11H,4-6,8H2,1-3H3,(H,19,20). The summed E-state index contributed by atoms with van der Waals surface area (Å²) in [7, 11) is 4.03. The normalized spacial score (nSPS) is 14.9. The highest BCUT2D eigenvalue weighted by Gasteiger charge is 2.18. The Kier molecular flexibility index (Phi) is 3.78. The van der Waals surface area contributed by atoms with Crippen LogP contribution < -0.4 is 4.90 Å². The van der Waals surface area contributed by atoms with E-state index in [-0.39, 0.29) is 0 Å². The van der Waals surface area contributed by atoms with Crippen molar-refractivity contribution in [2.24, 2.45) is 0 Å². The first-order valence-corrected chi connectivity index (χ1v) is 7.55. The minimum atomic E-state index is 0.904. The van der Waals surface area contributed by atoms with E-state index in [9.17, 15) is 0 Å². The van der Waals surface area contributed by atoms with Crippen LogP contribution in [0, 0.1) is 6.92 Å². The fourth-order valence-corrected chi connectivity index (χ4v) is 2.77.